The Balaban J connectivity index is 3.05. The molecule has 5 nitrogen and oxygen atoms in total. The number of nitrogens with zero attached hydrogens (tertiary/aromatic N) is 2. The molecule has 0 saturated carbocycles. The highest BCUT2D eigenvalue weighted by molar-refractivity contribution is 5.64. The number of hydrogen-bond donors (Lipinski definition) is 1. The summed E-state index contributed by atoms with van der Waals surface area (Å²) >= 11 is 0. The third kappa shape index (κ3) is 4.40. The largest absolute Gasteiger partial charge is 0.388 e. The molecule has 20 heavy (non-hydrogen) atoms. The maximum atomic E-state index is 11.0. The number of hydrogen-bond acceptors (Lipinski definition) is 4. The topological polar surface area (TPSA) is 58.4 Å². The van der Waals surface area contributed by atoms with E-state index in [2.05, 4.69) is 31.0 Å². The molecule has 0 heterocycles. The number of non-ortho nitro benzene ring substituents is 1. The van der Waals surface area contributed by atoms with Gasteiger partial charge in [-0.15, -0.1) is 0 Å². The van der Waals surface area contributed by atoms with Crippen molar-refractivity contribution in [1.29, 1.82) is 0 Å². The summed E-state index contributed by atoms with van der Waals surface area (Å²) in [6, 6.07) is 5.51. The van der Waals surface area contributed by atoms with E-state index in [0.29, 0.717) is 6.04 Å². The molecule has 5 heteroatoms. The van der Waals surface area contributed by atoms with Gasteiger partial charge in [-0.25, -0.2) is 0 Å². The molecule has 0 aliphatic carbocycles. The molecule has 0 saturated heterocycles. The van der Waals surface area contributed by atoms with Crippen molar-refractivity contribution in [1.82, 2.24) is 0 Å². The van der Waals surface area contributed by atoms with Crippen LogP contribution < -0.4 is 10.2 Å². The maximum absolute atomic E-state index is 11.0. The third-order valence-electron chi connectivity index (χ3n) is 3.36. The Kier molecular flexibility index (Phi) is 6.28. The zero-order chi connectivity index (χ0) is 15.1. The second kappa shape index (κ2) is 7.72. The van der Waals surface area contributed by atoms with Gasteiger partial charge < -0.3 is 10.2 Å². The van der Waals surface area contributed by atoms with Crippen LogP contribution in [-0.2, 0) is 0 Å². The minimum Gasteiger partial charge on any atom is -0.388 e. The summed E-state index contributed by atoms with van der Waals surface area (Å²) in [5.41, 5.74) is 1.82. The molecular weight excluding hydrogens is 254 g/mol. The van der Waals surface area contributed by atoms with Gasteiger partial charge in [0.25, 0.3) is 5.69 Å². The van der Waals surface area contributed by atoms with Gasteiger partial charge in [0, 0.05) is 43.1 Å². The van der Waals surface area contributed by atoms with Gasteiger partial charge in [-0.3, -0.25) is 10.1 Å². The molecule has 0 unspecified atom stereocenters. The number of benzene rings is 1. The summed E-state index contributed by atoms with van der Waals surface area (Å²) in [6.45, 7) is 7.33. The summed E-state index contributed by atoms with van der Waals surface area (Å²) in [6.07, 6.45) is 3.45. The maximum Gasteiger partial charge on any atom is 0.273 e. The van der Waals surface area contributed by atoms with Gasteiger partial charge in [0.2, 0.25) is 0 Å². The Morgan fingerprint density at radius 3 is 2.50 bits per heavy atom. The number of nitrogens with one attached hydrogen (secondary N) is 1. The molecule has 1 rings (SSSR count). The van der Waals surface area contributed by atoms with Crippen molar-refractivity contribution < 1.29 is 4.92 Å². The van der Waals surface area contributed by atoms with Crippen molar-refractivity contribution >= 4 is 17.1 Å². The van der Waals surface area contributed by atoms with E-state index in [-0.39, 0.29) is 10.6 Å². The predicted molar refractivity (Wildman–Crippen MR) is 84.7 cm³/mol. The van der Waals surface area contributed by atoms with Crippen LogP contribution in [0.2, 0.25) is 0 Å². The molecule has 0 atom stereocenters. The number of rotatable bonds is 8. The monoisotopic (exact) mass is 279 g/mol. The Hall–Kier alpha value is -1.78. The van der Waals surface area contributed by atoms with Crippen LogP contribution in [0.1, 0.15) is 40.0 Å². The van der Waals surface area contributed by atoms with E-state index in [1.807, 2.05) is 6.07 Å². The molecule has 0 fully saturated rings. The van der Waals surface area contributed by atoms with Crippen LogP contribution in [0.3, 0.4) is 0 Å². The van der Waals surface area contributed by atoms with Crippen LogP contribution in [0.4, 0.5) is 17.1 Å². The first-order chi connectivity index (χ1) is 9.49. The van der Waals surface area contributed by atoms with Gasteiger partial charge in [-0.1, -0.05) is 19.8 Å². The number of nitro groups is 1. The van der Waals surface area contributed by atoms with Gasteiger partial charge in [0.05, 0.1) is 4.92 Å². The van der Waals surface area contributed by atoms with Crippen molar-refractivity contribution in [2.75, 3.05) is 23.8 Å². The summed E-state index contributed by atoms with van der Waals surface area (Å²) in [5.74, 6) is 0. The fourth-order valence-electron chi connectivity index (χ4n) is 2.23. The van der Waals surface area contributed by atoms with E-state index in [1.54, 1.807) is 19.2 Å². The van der Waals surface area contributed by atoms with E-state index < -0.39 is 0 Å². The van der Waals surface area contributed by atoms with Gasteiger partial charge in [0.1, 0.15) is 0 Å². The zero-order valence-electron chi connectivity index (χ0n) is 12.8. The lowest BCUT2D eigenvalue weighted by Crippen LogP contribution is -2.31. The molecule has 0 bridgehead atoms. The van der Waals surface area contributed by atoms with Crippen LogP contribution in [0, 0.1) is 10.1 Å². The molecule has 0 spiro atoms. The van der Waals surface area contributed by atoms with Gasteiger partial charge in [0.15, 0.2) is 0 Å². The van der Waals surface area contributed by atoms with Gasteiger partial charge in [-0.2, -0.15) is 0 Å². The van der Waals surface area contributed by atoms with Crippen LogP contribution in [-0.4, -0.2) is 24.6 Å². The SMILES string of the molecule is CCCCCN(c1cc(NC)cc([N+](=O)[O-])c1)C(C)C. The molecule has 0 aliphatic heterocycles. The lowest BCUT2D eigenvalue weighted by atomic mass is 10.1. The Bertz CT molecular complexity index is 447. The first kappa shape index (κ1) is 16.3. The Morgan fingerprint density at radius 1 is 1.30 bits per heavy atom. The summed E-state index contributed by atoms with van der Waals surface area (Å²) in [4.78, 5) is 12.9. The van der Waals surface area contributed by atoms with E-state index in [0.717, 1.165) is 24.3 Å². The van der Waals surface area contributed by atoms with E-state index in [9.17, 15) is 10.1 Å². The number of nitro benzene ring substituents is 1. The van der Waals surface area contributed by atoms with Crippen molar-refractivity contribution in [2.24, 2.45) is 0 Å². The molecule has 0 amide bonds. The normalized spacial score (nSPS) is 10.7. The number of unbranched alkanes of at least 4 members (excludes halogenated alkanes) is 2. The lowest BCUT2D eigenvalue weighted by Gasteiger charge is -2.29. The van der Waals surface area contributed by atoms with E-state index >= 15 is 0 Å². The molecule has 1 aromatic carbocycles. The predicted octanol–water partition coefficient (Wildman–Crippen LogP) is 4.04. The smallest absolute Gasteiger partial charge is 0.273 e. The molecular formula is C15H25N3O2. The fourth-order valence-corrected chi connectivity index (χ4v) is 2.23. The summed E-state index contributed by atoms with van der Waals surface area (Å²) in [5, 5.41) is 14.0. The average Bonchev–Trinajstić information content (AvgIpc) is 2.42. The number of anilines is 2. The second-order valence-corrected chi connectivity index (χ2v) is 5.24. The zero-order valence-corrected chi connectivity index (χ0v) is 12.8. The quantitative estimate of drug-likeness (QED) is 0.443. The van der Waals surface area contributed by atoms with E-state index in [1.165, 1.54) is 12.8 Å². The molecule has 0 aliphatic rings. The first-order valence-corrected chi connectivity index (χ1v) is 7.23. The molecule has 112 valence electrons. The van der Waals surface area contributed by atoms with Crippen molar-refractivity contribution in [3.63, 3.8) is 0 Å². The average molecular weight is 279 g/mol. The van der Waals surface area contributed by atoms with E-state index in [4.69, 9.17) is 0 Å². The summed E-state index contributed by atoms with van der Waals surface area (Å²) in [7, 11) is 1.78. The highest BCUT2D eigenvalue weighted by Crippen LogP contribution is 2.28. The van der Waals surface area contributed by atoms with Gasteiger partial charge in [-0.05, 0) is 26.3 Å². The summed E-state index contributed by atoms with van der Waals surface area (Å²) < 4.78 is 0. The lowest BCUT2D eigenvalue weighted by molar-refractivity contribution is -0.384. The first-order valence-electron chi connectivity index (χ1n) is 7.23. The highest BCUT2D eigenvalue weighted by Gasteiger charge is 2.16. The molecule has 0 aromatic heterocycles. The van der Waals surface area contributed by atoms with Crippen LogP contribution in [0.25, 0.3) is 0 Å². The van der Waals surface area contributed by atoms with Crippen LogP contribution in [0.15, 0.2) is 18.2 Å². The van der Waals surface area contributed by atoms with Crippen LogP contribution in [0.5, 0.6) is 0 Å². The third-order valence-corrected chi connectivity index (χ3v) is 3.36. The second-order valence-electron chi connectivity index (χ2n) is 5.24. The standard InChI is InChI=1S/C15H25N3O2/c1-5-6-7-8-17(12(2)3)14-9-13(16-4)10-15(11-14)18(19)20/h9-12,16H,5-8H2,1-4H3. The van der Waals surface area contributed by atoms with Crippen molar-refractivity contribution in [3.05, 3.63) is 28.3 Å². The molecule has 0 radical (unpaired) electrons. The minimum absolute atomic E-state index is 0.132. The van der Waals surface area contributed by atoms with Crippen molar-refractivity contribution in [2.45, 2.75) is 46.1 Å². The Morgan fingerprint density at radius 2 is 2.00 bits per heavy atom. The Labute approximate surface area is 121 Å². The minimum atomic E-state index is -0.338. The van der Waals surface area contributed by atoms with Gasteiger partial charge >= 0.3 is 0 Å². The fraction of sp³-hybridized carbons (Fsp3) is 0.600. The van der Waals surface area contributed by atoms with Crippen LogP contribution >= 0.6 is 0 Å². The molecule has 1 aromatic rings. The highest BCUT2D eigenvalue weighted by atomic mass is 16.6. The molecule has 1 N–H and O–H groups in total. The van der Waals surface area contributed by atoms with Crippen molar-refractivity contribution in [3.8, 4) is 0 Å².